The Morgan fingerprint density at radius 3 is 2.04 bits per heavy atom. The van der Waals surface area contributed by atoms with Crippen molar-refractivity contribution >= 4 is 23.4 Å². The maximum absolute atomic E-state index is 12.3. The zero-order chi connectivity index (χ0) is 17.6. The number of rotatable bonds is 5. The SMILES string of the molecule is CC(C)CN(CC(C)C)C(=O)C(=O)NC(=O)c1ccccc1N. The number of benzene rings is 1. The topological polar surface area (TPSA) is 92.5 Å². The molecule has 1 aromatic rings. The van der Waals surface area contributed by atoms with E-state index in [1.807, 2.05) is 27.7 Å². The largest absolute Gasteiger partial charge is 0.398 e. The summed E-state index contributed by atoms with van der Waals surface area (Å²) in [5.41, 5.74) is 6.13. The molecule has 3 amide bonds. The molecule has 6 nitrogen and oxygen atoms in total. The van der Waals surface area contributed by atoms with Crippen LogP contribution in [0.1, 0.15) is 38.1 Å². The molecule has 3 N–H and O–H groups in total. The predicted octanol–water partition coefficient (Wildman–Crippen LogP) is 1.67. The molecule has 23 heavy (non-hydrogen) atoms. The van der Waals surface area contributed by atoms with E-state index in [1.165, 1.54) is 11.0 Å². The minimum absolute atomic E-state index is 0.174. The van der Waals surface area contributed by atoms with Crippen molar-refractivity contribution in [2.24, 2.45) is 11.8 Å². The molecule has 6 heteroatoms. The molecular formula is C17H25N3O3. The number of para-hydroxylation sites is 1. The number of carbonyl (C=O) groups is 3. The van der Waals surface area contributed by atoms with Crippen LogP contribution in [-0.2, 0) is 9.59 Å². The Bertz CT molecular complexity index is 572. The highest BCUT2D eigenvalue weighted by molar-refractivity contribution is 6.38. The summed E-state index contributed by atoms with van der Waals surface area (Å²) in [6, 6.07) is 6.39. The summed E-state index contributed by atoms with van der Waals surface area (Å²) in [6.45, 7) is 8.80. The summed E-state index contributed by atoms with van der Waals surface area (Å²) in [5.74, 6) is -1.85. The molecule has 0 aliphatic heterocycles. The van der Waals surface area contributed by atoms with Crippen LogP contribution in [0.3, 0.4) is 0 Å². The van der Waals surface area contributed by atoms with Crippen molar-refractivity contribution in [1.29, 1.82) is 0 Å². The van der Waals surface area contributed by atoms with Crippen LogP contribution in [0.2, 0.25) is 0 Å². The van der Waals surface area contributed by atoms with E-state index in [-0.39, 0.29) is 23.1 Å². The van der Waals surface area contributed by atoms with Crippen LogP contribution >= 0.6 is 0 Å². The third-order valence-corrected chi connectivity index (χ3v) is 3.09. The van der Waals surface area contributed by atoms with Crippen molar-refractivity contribution in [3.05, 3.63) is 29.8 Å². The summed E-state index contributed by atoms with van der Waals surface area (Å²) < 4.78 is 0. The van der Waals surface area contributed by atoms with Crippen molar-refractivity contribution in [2.75, 3.05) is 18.8 Å². The lowest BCUT2D eigenvalue weighted by molar-refractivity contribution is -0.146. The molecule has 0 atom stereocenters. The number of nitrogens with one attached hydrogen (secondary N) is 1. The summed E-state index contributed by atoms with van der Waals surface area (Å²) >= 11 is 0. The fraction of sp³-hybridized carbons (Fsp3) is 0.471. The van der Waals surface area contributed by atoms with Crippen LogP contribution in [0, 0.1) is 11.8 Å². The van der Waals surface area contributed by atoms with Gasteiger partial charge in [0.25, 0.3) is 5.91 Å². The molecule has 0 radical (unpaired) electrons. The lowest BCUT2D eigenvalue weighted by Crippen LogP contribution is -2.47. The van der Waals surface area contributed by atoms with Gasteiger partial charge in [0.05, 0.1) is 5.56 Å². The number of carbonyl (C=O) groups excluding carboxylic acids is 3. The third kappa shape index (κ3) is 5.73. The summed E-state index contributed by atoms with van der Waals surface area (Å²) in [6.07, 6.45) is 0. The van der Waals surface area contributed by atoms with Crippen molar-refractivity contribution in [3.63, 3.8) is 0 Å². The van der Waals surface area contributed by atoms with Crippen LogP contribution in [0.25, 0.3) is 0 Å². The maximum Gasteiger partial charge on any atom is 0.316 e. The number of amides is 3. The minimum Gasteiger partial charge on any atom is -0.398 e. The van der Waals surface area contributed by atoms with Gasteiger partial charge in [-0.15, -0.1) is 0 Å². The predicted molar refractivity (Wildman–Crippen MR) is 89.6 cm³/mol. The van der Waals surface area contributed by atoms with Gasteiger partial charge in [0.2, 0.25) is 0 Å². The van der Waals surface area contributed by atoms with Crippen molar-refractivity contribution in [1.82, 2.24) is 10.2 Å². The first-order chi connectivity index (χ1) is 10.7. The zero-order valence-corrected chi connectivity index (χ0v) is 14.1. The first kappa shape index (κ1) is 18.7. The van der Waals surface area contributed by atoms with Gasteiger partial charge in [-0.05, 0) is 24.0 Å². The van der Waals surface area contributed by atoms with Crippen LogP contribution in [-0.4, -0.2) is 35.7 Å². The summed E-state index contributed by atoms with van der Waals surface area (Å²) in [5, 5.41) is 2.11. The smallest absolute Gasteiger partial charge is 0.316 e. The average molecular weight is 319 g/mol. The standard InChI is InChI=1S/C17H25N3O3/c1-11(2)9-20(10-12(3)4)17(23)16(22)19-15(21)13-7-5-6-8-14(13)18/h5-8,11-12H,9-10,18H2,1-4H3,(H,19,21,22). The molecule has 0 bridgehead atoms. The van der Waals surface area contributed by atoms with E-state index in [9.17, 15) is 14.4 Å². The molecule has 1 aromatic carbocycles. The van der Waals surface area contributed by atoms with Gasteiger partial charge in [0.1, 0.15) is 0 Å². The molecule has 0 aliphatic rings. The number of nitrogens with two attached hydrogens (primary N) is 1. The maximum atomic E-state index is 12.3. The normalized spacial score (nSPS) is 10.7. The Labute approximate surface area is 137 Å². The highest BCUT2D eigenvalue weighted by atomic mass is 16.2. The highest BCUT2D eigenvalue weighted by Gasteiger charge is 2.25. The number of imide groups is 1. The molecule has 126 valence electrons. The molecule has 0 heterocycles. The first-order valence-corrected chi connectivity index (χ1v) is 7.71. The summed E-state index contributed by atoms with van der Waals surface area (Å²) in [4.78, 5) is 37.9. The van der Waals surface area contributed by atoms with Gasteiger partial charge in [-0.25, -0.2) is 0 Å². The molecule has 0 aliphatic carbocycles. The van der Waals surface area contributed by atoms with E-state index in [1.54, 1.807) is 18.2 Å². The van der Waals surface area contributed by atoms with E-state index in [0.717, 1.165) is 0 Å². The Morgan fingerprint density at radius 2 is 1.57 bits per heavy atom. The van der Waals surface area contributed by atoms with Crippen LogP contribution in [0.4, 0.5) is 5.69 Å². The Balaban J connectivity index is 2.79. The Kier molecular flexibility index (Phi) is 6.75. The van der Waals surface area contributed by atoms with E-state index >= 15 is 0 Å². The van der Waals surface area contributed by atoms with Gasteiger partial charge < -0.3 is 10.6 Å². The number of nitrogens with zero attached hydrogens (tertiary/aromatic N) is 1. The highest BCUT2D eigenvalue weighted by Crippen LogP contribution is 2.10. The van der Waals surface area contributed by atoms with Crippen molar-refractivity contribution < 1.29 is 14.4 Å². The second-order valence-electron chi connectivity index (χ2n) is 6.37. The van der Waals surface area contributed by atoms with Crippen molar-refractivity contribution in [2.45, 2.75) is 27.7 Å². The van der Waals surface area contributed by atoms with E-state index in [0.29, 0.717) is 13.1 Å². The average Bonchev–Trinajstić information content (AvgIpc) is 2.45. The van der Waals surface area contributed by atoms with Gasteiger partial charge >= 0.3 is 11.8 Å². The lowest BCUT2D eigenvalue weighted by Gasteiger charge is -2.25. The molecule has 0 unspecified atom stereocenters. The van der Waals surface area contributed by atoms with E-state index < -0.39 is 17.7 Å². The Hall–Kier alpha value is -2.37. The van der Waals surface area contributed by atoms with Gasteiger partial charge in [-0.1, -0.05) is 39.8 Å². The molecule has 0 fully saturated rings. The molecule has 0 spiro atoms. The second-order valence-corrected chi connectivity index (χ2v) is 6.37. The first-order valence-electron chi connectivity index (χ1n) is 7.71. The molecular weight excluding hydrogens is 294 g/mol. The van der Waals surface area contributed by atoms with Crippen LogP contribution in [0.15, 0.2) is 24.3 Å². The van der Waals surface area contributed by atoms with Crippen LogP contribution < -0.4 is 11.1 Å². The van der Waals surface area contributed by atoms with Gasteiger partial charge in [-0.2, -0.15) is 0 Å². The number of hydrogen-bond donors (Lipinski definition) is 2. The number of hydrogen-bond acceptors (Lipinski definition) is 4. The zero-order valence-electron chi connectivity index (χ0n) is 14.1. The second kappa shape index (κ2) is 8.31. The fourth-order valence-electron chi connectivity index (χ4n) is 2.19. The Morgan fingerprint density at radius 1 is 1.04 bits per heavy atom. The van der Waals surface area contributed by atoms with Crippen LogP contribution in [0.5, 0.6) is 0 Å². The quantitative estimate of drug-likeness (QED) is 0.638. The van der Waals surface area contributed by atoms with Gasteiger partial charge in [-0.3, -0.25) is 19.7 Å². The third-order valence-electron chi connectivity index (χ3n) is 3.09. The fourth-order valence-corrected chi connectivity index (χ4v) is 2.19. The van der Waals surface area contributed by atoms with Crippen molar-refractivity contribution in [3.8, 4) is 0 Å². The van der Waals surface area contributed by atoms with E-state index in [2.05, 4.69) is 5.32 Å². The van der Waals surface area contributed by atoms with Gasteiger partial charge in [0, 0.05) is 18.8 Å². The van der Waals surface area contributed by atoms with E-state index in [4.69, 9.17) is 5.73 Å². The van der Waals surface area contributed by atoms with Gasteiger partial charge in [0.15, 0.2) is 0 Å². The lowest BCUT2D eigenvalue weighted by atomic mass is 10.1. The summed E-state index contributed by atoms with van der Waals surface area (Å²) in [7, 11) is 0. The number of anilines is 1. The monoisotopic (exact) mass is 319 g/mol. The molecule has 1 rings (SSSR count). The minimum atomic E-state index is -0.931. The molecule has 0 saturated heterocycles. The molecule has 0 aromatic heterocycles. The number of nitrogen functional groups attached to an aromatic ring is 1. The molecule has 0 saturated carbocycles.